The van der Waals surface area contributed by atoms with Gasteiger partial charge < -0.3 is 5.73 Å². The quantitative estimate of drug-likeness (QED) is 0.396. The predicted octanol–water partition coefficient (Wildman–Crippen LogP) is 2.24. The highest BCUT2D eigenvalue weighted by molar-refractivity contribution is 6.08. The van der Waals surface area contributed by atoms with Gasteiger partial charge in [0.05, 0.1) is 0 Å². The van der Waals surface area contributed by atoms with Crippen LogP contribution in [-0.2, 0) is 4.79 Å². The van der Waals surface area contributed by atoms with Crippen molar-refractivity contribution in [2.24, 2.45) is 10.7 Å². The summed E-state index contributed by atoms with van der Waals surface area (Å²) >= 11 is 0. The van der Waals surface area contributed by atoms with Gasteiger partial charge in [0.15, 0.2) is 5.78 Å². The number of allylic oxidation sites excluding steroid dienone is 2. The maximum atomic E-state index is 11.3. The van der Waals surface area contributed by atoms with Crippen molar-refractivity contribution in [3.05, 3.63) is 24.4 Å². The lowest BCUT2D eigenvalue weighted by atomic mass is 10.1. The van der Waals surface area contributed by atoms with Crippen LogP contribution in [0.25, 0.3) is 0 Å². The fourth-order valence-electron chi connectivity index (χ4n) is 0.919. The van der Waals surface area contributed by atoms with Crippen LogP contribution in [0.2, 0.25) is 0 Å². The molecule has 0 saturated heterocycles. The number of Topliss-reactive ketones (excluding diaryl/α,β-unsaturated/α-hetero) is 1. The van der Waals surface area contributed by atoms with Gasteiger partial charge >= 0.3 is 0 Å². The molecule has 0 aromatic carbocycles. The van der Waals surface area contributed by atoms with Crippen LogP contribution in [0.15, 0.2) is 29.4 Å². The third kappa shape index (κ3) is 7.82. The van der Waals surface area contributed by atoms with Gasteiger partial charge in [-0.25, -0.2) is 0 Å². The summed E-state index contributed by atoms with van der Waals surface area (Å²) in [5.41, 5.74) is 6.74. The van der Waals surface area contributed by atoms with Crippen LogP contribution in [0.1, 0.15) is 33.1 Å². The third-order valence-electron chi connectivity index (χ3n) is 1.87. The molecular formula is C12H20N2O. The van der Waals surface area contributed by atoms with Crippen LogP contribution in [0.5, 0.6) is 0 Å². The van der Waals surface area contributed by atoms with Gasteiger partial charge in [0, 0.05) is 18.3 Å². The summed E-state index contributed by atoms with van der Waals surface area (Å²) < 4.78 is 0. The first kappa shape index (κ1) is 13.8. The molecule has 3 heteroatoms. The Hall–Kier alpha value is -1.22. The smallest absolute Gasteiger partial charge is 0.163 e. The molecule has 0 aliphatic carbocycles. The second-order valence-corrected chi connectivity index (χ2v) is 3.56. The van der Waals surface area contributed by atoms with Gasteiger partial charge in [-0.05, 0) is 38.8 Å². The molecule has 0 unspecified atom stereocenters. The van der Waals surface area contributed by atoms with Crippen molar-refractivity contribution in [2.75, 3.05) is 6.54 Å². The van der Waals surface area contributed by atoms with E-state index in [1.807, 2.05) is 13.0 Å². The van der Waals surface area contributed by atoms with Crippen LogP contribution >= 0.6 is 0 Å². The zero-order valence-electron chi connectivity index (χ0n) is 9.62. The summed E-state index contributed by atoms with van der Waals surface area (Å²) in [7, 11) is 0. The maximum Gasteiger partial charge on any atom is 0.163 e. The van der Waals surface area contributed by atoms with Crippen molar-refractivity contribution in [3.8, 4) is 0 Å². The van der Waals surface area contributed by atoms with E-state index in [0.717, 1.165) is 18.6 Å². The minimum Gasteiger partial charge on any atom is -0.330 e. The number of rotatable bonds is 7. The largest absolute Gasteiger partial charge is 0.330 e. The molecule has 0 heterocycles. The van der Waals surface area contributed by atoms with E-state index in [2.05, 4.69) is 11.6 Å². The highest BCUT2D eigenvalue weighted by atomic mass is 16.1. The summed E-state index contributed by atoms with van der Waals surface area (Å²) in [5.74, 6) is 0.0478. The molecule has 0 bridgehead atoms. The van der Waals surface area contributed by atoms with Gasteiger partial charge in [0.1, 0.15) is 0 Å². The molecule has 0 atom stereocenters. The van der Waals surface area contributed by atoms with Crippen LogP contribution in [0, 0.1) is 0 Å². The third-order valence-corrected chi connectivity index (χ3v) is 1.87. The van der Waals surface area contributed by atoms with Gasteiger partial charge in [0.25, 0.3) is 0 Å². The van der Waals surface area contributed by atoms with Gasteiger partial charge in [-0.2, -0.15) is 0 Å². The number of hydrogen-bond acceptors (Lipinski definition) is 3. The highest BCUT2D eigenvalue weighted by Crippen LogP contribution is 1.98. The normalized spacial score (nSPS) is 12.1. The standard InChI is InChI=1S/C12H20N2O/c1-10(2)12(15)9-11(3)14-8-6-4-5-7-13/h6,8H,1,4-5,7,9,13H2,2-3H3/b8-6-,14-11+. The molecule has 2 N–H and O–H groups in total. The van der Waals surface area contributed by atoms with Crippen LogP contribution < -0.4 is 5.73 Å². The van der Waals surface area contributed by atoms with Crippen molar-refractivity contribution >= 4 is 11.5 Å². The topological polar surface area (TPSA) is 55.5 Å². The molecule has 0 saturated carbocycles. The molecule has 3 nitrogen and oxygen atoms in total. The summed E-state index contributed by atoms with van der Waals surface area (Å²) in [4.78, 5) is 15.4. The summed E-state index contributed by atoms with van der Waals surface area (Å²) in [6, 6.07) is 0. The Bertz CT molecular complexity index is 277. The Morgan fingerprint density at radius 1 is 1.47 bits per heavy atom. The molecule has 0 amide bonds. The average molecular weight is 208 g/mol. The van der Waals surface area contributed by atoms with E-state index in [0.29, 0.717) is 18.5 Å². The Labute approximate surface area is 91.8 Å². The van der Waals surface area contributed by atoms with E-state index in [4.69, 9.17) is 5.73 Å². The van der Waals surface area contributed by atoms with Gasteiger partial charge in [-0.3, -0.25) is 9.79 Å². The molecule has 0 radical (unpaired) electrons. The number of aliphatic imine (C=N–C) groups is 1. The zero-order valence-corrected chi connectivity index (χ0v) is 9.62. The Kier molecular flexibility index (Phi) is 7.46. The molecule has 0 aliphatic heterocycles. The number of ketones is 1. The zero-order chi connectivity index (χ0) is 11.7. The van der Waals surface area contributed by atoms with Crippen LogP contribution in [0.4, 0.5) is 0 Å². The van der Waals surface area contributed by atoms with Crippen molar-refractivity contribution < 1.29 is 4.79 Å². The number of nitrogens with zero attached hydrogens (tertiary/aromatic N) is 1. The minimum atomic E-state index is 0.0478. The van der Waals surface area contributed by atoms with E-state index in [1.165, 1.54) is 0 Å². The molecule has 0 aromatic heterocycles. The molecular weight excluding hydrogens is 188 g/mol. The van der Waals surface area contributed by atoms with Crippen LogP contribution in [0.3, 0.4) is 0 Å². The lowest BCUT2D eigenvalue weighted by Crippen LogP contribution is -2.04. The first-order valence-electron chi connectivity index (χ1n) is 5.15. The number of unbranched alkanes of at least 4 members (excludes halogenated alkanes) is 1. The first-order valence-corrected chi connectivity index (χ1v) is 5.15. The van der Waals surface area contributed by atoms with Gasteiger partial charge in [-0.15, -0.1) is 0 Å². The van der Waals surface area contributed by atoms with E-state index in [1.54, 1.807) is 13.1 Å². The lowest BCUT2D eigenvalue weighted by Gasteiger charge is -1.97. The van der Waals surface area contributed by atoms with Gasteiger partial charge in [-0.1, -0.05) is 12.7 Å². The molecule has 0 aromatic rings. The number of nitrogens with two attached hydrogens (primary N) is 1. The predicted molar refractivity (Wildman–Crippen MR) is 65.0 cm³/mol. The lowest BCUT2D eigenvalue weighted by molar-refractivity contribution is -0.114. The Balaban J connectivity index is 3.93. The summed E-state index contributed by atoms with van der Waals surface area (Å²) in [6.45, 7) is 7.84. The molecule has 0 rings (SSSR count). The fourth-order valence-corrected chi connectivity index (χ4v) is 0.919. The van der Waals surface area contributed by atoms with Crippen LogP contribution in [-0.4, -0.2) is 18.0 Å². The molecule has 84 valence electrons. The van der Waals surface area contributed by atoms with Crippen molar-refractivity contribution in [1.82, 2.24) is 0 Å². The summed E-state index contributed by atoms with van der Waals surface area (Å²) in [5, 5.41) is 0. The fraction of sp³-hybridized carbons (Fsp3) is 0.500. The van der Waals surface area contributed by atoms with E-state index in [9.17, 15) is 4.79 Å². The second kappa shape index (κ2) is 8.12. The van der Waals surface area contributed by atoms with Crippen molar-refractivity contribution in [3.63, 3.8) is 0 Å². The number of carbonyl (C=O) groups excluding carboxylic acids is 1. The van der Waals surface area contributed by atoms with E-state index >= 15 is 0 Å². The summed E-state index contributed by atoms with van der Waals surface area (Å²) in [6.07, 6.45) is 5.95. The SMILES string of the molecule is C=C(C)C(=O)C/C(C)=N/C=C\CCCN. The number of carbonyl (C=O) groups is 1. The maximum absolute atomic E-state index is 11.3. The van der Waals surface area contributed by atoms with E-state index < -0.39 is 0 Å². The highest BCUT2D eigenvalue weighted by Gasteiger charge is 2.02. The molecule has 0 aliphatic rings. The number of hydrogen-bond donors (Lipinski definition) is 1. The van der Waals surface area contributed by atoms with Gasteiger partial charge in [0.2, 0.25) is 0 Å². The van der Waals surface area contributed by atoms with Crippen molar-refractivity contribution in [2.45, 2.75) is 33.1 Å². The Morgan fingerprint density at radius 3 is 2.67 bits per heavy atom. The van der Waals surface area contributed by atoms with Crippen molar-refractivity contribution in [1.29, 1.82) is 0 Å². The Morgan fingerprint density at radius 2 is 2.13 bits per heavy atom. The average Bonchev–Trinajstić information content (AvgIpc) is 2.17. The molecule has 0 spiro atoms. The molecule has 15 heavy (non-hydrogen) atoms. The monoisotopic (exact) mass is 208 g/mol. The first-order chi connectivity index (χ1) is 7.07. The molecule has 0 fully saturated rings. The second-order valence-electron chi connectivity index (χ2n) is 3.56. The minimum absolute atomic E-state index is 0.0478. The van der Waals surface area contributed by atoms with E-state index in [-0.39, 0.29) is 5.78 Å².